The van der Waals surface area contributed by atoms with Gasteiger partial charge >= 0.3 is 0 Å². The van der Waals surface area contributed by atoms with Gasteiger partial charge in [0.15, 0.2) is 11.5 Å². The molecule has 120 valence electrons. The molecule has 0 saturated heterocycles. The van der Waals surface area contributed by atoms with Crippen LogP contribution in [-0.4, -0.2) is 23.0 Å². The minimum atomic E-state index is -3.57. The predicted octanol–water partition coefficient (Wildman–Crippen LogP) is 3.26. The number of hydrogen-bond donors (Lipinski definition) is 1. The highest BCUT2D eigenvalue weighted by Gasteiger charge is 2.16. The molecule has 0 aliphatic carbocycles. The van der Waals surface area contributed by atoms with Crippen LogP contribution in [0.2, 0.25) is 0 Å². The van der Waals surface area contributed by atoms with Crippen molar-refractivity contribution < 1.29 is 8.42 Å². The fourth-order valence-electron chi connectivity index (χ4n) is 2.38. The maximum Gasteiger partial charge on any atom is 0.271 e. The fraction of sp³-hybridized carbons (Fsp3) is 0. The van der Waals surface area contributed by atoms with E-state index in [2.05, 4.69) is 14.9 Å². The molecule has 0 bridgehead atoms. The summed E-state index contributed by atoms with van der Waals surface area (Å²) in [6.07, 6.45) is 1.87. The zero-order chi connectivity index (χ0) is 16.6. The second-order valence-electron chi connectivity index (χ2n) is 5.07. The van der Waals surface area contributed by atoms with E-state index in [1.807, 2.05) is 34.9 Å². The first-order valence-electron chi connectivity index (χ1n) is 7.10. The molecule has 0 unspecified atom stereocenters. The van der Waals surface area contributed by atoms with Crippen molar-refractivity contribution in [2.45, 2.75) is 4.21 Å². The molecule has 0 radical (unpaired) electrons. The highest BCUT2D eigenvalue weighted by Crippen LogP contribution is 2.24. The van der Waals surface area contributed by atoms with Crippen molar-refractivity contribution in [3.8, 4) is 11.4 Å². The van der Waals surface area contributed by atoms with Gasteiger partial charge in [0.1, 0.15) is 4.21 Å². The fourth-order valence-corrected chi connectivity index (χ4v) is 4.42. The van der Waals surface area contributed by atoms with Gasteiger partial charge in [-0.2, -0.15) is 0 Å². The number of sulfonamides is 1. The molecule has 3 aromatic heterocycles. The molecule has 4 aromatic rings. The summed E-state index contributed by atoms with van der Waals surface area (Å²) in [5.41, 5.74) is 1.99. The molecular formula is C16H12N4O2S2. The van der Waals surface area contributed by atoms with Crippen molar-refractivity contribution in [3.05, 3.63) is 66.2 Å². The van der Waals surface area contributed by atoms with Crippen LogP contribution in [0.25, 0.3) is 17.0 Å². The molecule has 8 heteroatoms. The van der Waals surface area contributed by atoms with Gasteiger partial charge in [-0.25, -0.2) is 8.42 Å². The van der Waals surface area contributed by atoms with Crippen molar-refractivity contribution in [1.29, 1.82) is 0 Å². The maximum absolute atomic E-state index is 12.3. The predicted molar refractivity (Wildman–Crippen MR) is 93.6 cm³/mol. The summed E-state index contributed by atoms with van der Waals surface area (Å²) in [5, 5.41) is 10.0. The van der Waals surface area contributed by atoms with Crippen LogP contribution in [0.3, 0.4) is 0 Å². The quantitative estimate of drug-likeness (QED) is 0.609. The van der Waals surface area contributed by atoms with E-state index in [9.17, 15) is 8.42 Å². The maximum atomic E-state index is 12.3. The van der Waals surface area contributed by atoms with Gasteiger partial charge in [-0.15, -0.1) is 21.5 Å². The van der Waals surface area contributed by atoms with Crippen LogP contribution in [0.5, 0.6) is 0 Å². The molecule has 1 aromatic carbocycles. The number of fused-ring (bicyclic) bond motifs is 1. The summed E-state index contributed by atoms with van der Waals surface area (Å²) >= 11 is 1.18. The lowest BCUT2D eigenvalue weighted by Crippen LogP contribution is -2.11. The Morgan fingerprint density at radius 1 is 1.00 bits per heavy atom. The third-order valence-corrected chi connectivity index (χ3v) is 6.23. The van der Waals surface area contributed by atoms with E-state index < -0.39 is 10.0 Å². The molecule has 6 nitrogen and oxygen atoms in total. The molecule has 0 atom stereocenters. The Kier molecular flexibility index (Phi) is 3.55. The summed E-state index contributed by atoms with van der Waals surface area (Å²) in [6, 6.07) is 16.0. The molecule has 0 aliphatic heterocycles. The first-order valence-corrected chi connectivity index (χ1v) is 9.46. The number of thiophene rings is 1. The number of nitrogens with one attached hydrogen (secondary N) is 1. The van der Waals surface area contributed by atoms with Gasteiger partial charge in [-0.3, -0.25) is 9.12 Å². The molecule has 0 saturated carbocycles. The van der Waals surface area contributed by atoms with Crippen molar-refractivity contribution in [1.82, 2.24) is 14.6 Å². The van der Waals surface area contributed by atoms with Gasteiger partial charge in [0, 0.05) is 17.4 Å². The average molecular weight is 356 g/mol. The van der Waals surface area contributed by atoms with E-state index in [0.717, 1.165) is 11.2 Å². The summed E-state index contributed by atoms with van der Waals surface area (Å²) in [5.74, 6) is 0.655. The van der Waals surface area contributed by atoms with Crippen LogP contribution in [0.1, 0.15) is 0 Å². The first kappa shape index (κ1) is 14.9. The van der Waals surface area contributed by atoms with Gasteiger partial charge in [0.05, 0.1) is 0 Å². The molecular weight excluding hydrogens is 344 g/mol. The zero-order valence-electron chi connectivity index (χ0n) is 12.3. The molecule has 0 amide bonds. The van der Waals surface area contributed by atoms with Gasteiger partial charge in [-0.1, -0.05) is 24.3 Å². The van der Waals surface area contributed by atoms with Gasteiger partial charge in [0.25, 0.3) is 10.0 Å². The van der Waals surface area contributed by atoms with Crippen LogP contribution >= 0.6 is 11.3 Å². The van der Waals surface area contributed by atoms with Gasteiger partial charge < -0.3 is 0 Å². The summed E-state index contributed by atoms with van der Waals surface area (Å²) in [6.45, 7) is 0. The molecule has 0 spiro atoms. The smallest absolute Gasteiger partial charge is 0.271 e. The first-order chi connectivity index (χ1) is 11.6. The second-order valence-corrected chi connectivity index (χ2v) is 7.93. The summed E-state index contributed by atoms with van der Waals surface area (Å²) in [7, 11) is -3.57. The molecule has 1 N–H and O–H groups in total. The van der Waals surface area contributed by atoms with Crippen LogP contribution in [0, 0.1) is 0 Å². The number of anilines is 1. The molecule has 24 heavy (non-hydrogen) atoms. The molecule has 0 aliphatic rings. The number of pyridine rings is 1. The minimum absolute atomic E-state index is 0.279. The lowest BCUT2D eigenvalue weighted by Gasteiger charge is -2.07. The number of aromatic nitrogens is 3. The SMILES string of the molecule is O=S(=O)(Nc1cccc(-c2nnc3ccccn23)c1)c1cccs1. The lowest BCUT2D eigenvalue weighted by molar-refractivity contribution is 0.603. The van der Waals surface area contributed by atoms with E-state index in [1.54, 1.807) is 35.7 Å². The molecule has 4 rings (SSSR count). The Morgan fingerprint density at radius 2 is 1.92 bits per heavy atom. The van der Waals surface area contributed by atoms with E-state index in [-0.39, 0.29) is 4.21 Å². The van der Waals surface area contributed by atoms with E-state index >= 15 is 0 Å². The average Bonchev–Trinajstić information content (AvgIpc) is 3.25. The van der Waals surface area contributed by atoms with Crippen molar-refractivity contribution in [3.63, 3.8) is 0 Å². The van der Waals surface area contributed by atoms with Crippen molar-refractivity contribution in [2.24, 2.45) is 0 Å². The standard InChI is InChI=1S/C16H12N4O2S2/c21-24(22,15-8-4-10-23-15)19-13-6-3-5-12(11-13)16-18-17-14-7-1-2-9-20(14)16/h1-11,19H. The Hall–Kier alpha value is -2.71. The van der Waals surface area contributed by atoms with Crippen LogP contribution in [-0.2, 0) is 10.0 Å². The van der Waals surface area contributed by atoms with Gasteiger partial charge in [0.2, 0.25) is 0 Å². The molecule has 0 fully saturated rings. The van der Waals surface area contributed by atoms with Crippen molar-refractivity contribution in [2.75, 3.05) is 4.72 Å². The molecule has 3 heterocycles. The lowest BCUT2D eigenvalue weighted by atomic mass is 10.2. The Morgan fingerprint density at radius 3 is 2.75 bits per heavy atom. The Balaban J connectivity index is 1.72. The number of nitrogens with zero attached hydrogens (tertiary/aromatic N) is 3. The van der Waals surface area contributed by atoms with Crippen molar-refractivity contribution >= 4 is 32.7 Å². The monoisotopic (exact) mass is 356 g/mol. The second kappa shape index (κ2) is 5.73. The minimum Gasteiger partial charge on any atom is -0.282 e. The summed E-state index contributed by atoms with van der Waals surface area (Å²) in [4.78, 5) is 0. The largest absolute Gasteiger partial charge is 0.282 e. The summed E-state index contributed by atoms with van der Waals surface area (Å²) < 4.78 is 29.4. The van der Waals surface area contributed by atoms with E-state index in [4.69, 9.17) is 0 Å². The van der Waals surface area contributed by atoms with Crippen LogP contribution < -0.4 is 4.72 Å². The highest BCUT2D eigenvalue weighted by atomic mass is 32.2. The third-order valence-electron chi connectivity index (χ3n) is 3.45. The Bertz CT molecular complexity index is 1100. The topological polar surface area (TPSA) is 76.4 Å². The number of benzene rings is 1. The van der Waals surface area contributed by atoms with E-state index in [0.29, 0.717) is 11.5 Å². The van der Waals surface area contributed by atoms with Crippen LogP contribution in [0.4, 0.5) is 5.69 Å². The van der Waals surface area contributed by atoms with E-state index in [1.165, 1.54) is 11.3 Å². The normalized spacial score (nSPS) is 11.7. The highest BCUT2D eigenvalue weighted by molar-refractivity contribution is 7.94. The third kappa shape index (κ3) is 2.66. The Labute approximate surface area is 142 Å². The van der Waals surface area contributed by atoms with Gasteiger partial charge in [-0.05, 0) is 35.7 Å². The zero-order valence-corrected chi connectivity index (χ0v) is 14.0. The number of hydrogen-bond acceptors (Lipinski definition) is 5. The van der Waals surface area contributed by atoms with Crippen LogP contribution in [0.15, 0.2) is 70.4 Å². The number of rotatable bonds is 4.